The van der Waals surface area contributed by atoms with E-state index in [1.807, 2.05) is 0 Å². The third-order valence-electron chi connectivity index (χ3n) is 4.22. The zero-order chi connectivity index (χ0) is 11.6. The van der Waals surface area contributed by atoms with Crippen molar-refractivity contribution in [3.8, 4) is 0 Å². The van der Waals surface area contributed by atoms with Crippen LogP contribution in [0.4, 0.5) is 0 Å². The summed E-state index contributed by atoms with van der Waals surface area (Å²) in [5.74, 6) is 0.770. The standard InChI is InChI=1S/C12H23NO2S/c1-3-15-11-9-10(12(11)5-4-6-12)13-7-8-16(2)14/h10-11,13H,3-9H2,1-2H3. The van der Waals surface area contributed by atoms with Crippen molar-refractivity contribution in [3.63, 3.8) is 0 Å². The Labute approximate surface area is 101 Å². The molecule has 0 aromatic heterocycles. The van der Waals surface area contributed by atoms with Crippen molar-refractivity contribution in [1.82, 2.24) is 5.32 Å². The fraction of sp³-hybridized carbons (Fsp3) is 1.00. The SMILES string of the molecule is CCOC1CC(NCCS(C)=O)C12CCC2. The van der Waals surface area contributed by atoms with Crippen LogP contribution >= 0.6 is 0 Å². The highest BCUT2D eigenvalue weighted by Crippen LogP contribution is 2.57. The van der Waals surface area contributed by atoms with Crippen LogP contribution in [0.25, 0.3) is 0 Å². The molecule has 2 rings (SSSR count). The van der Waals surface area contributed by atoms with Gasteiger partial charge in [0.2, 0.25) is 0 Å². The molecule has 16 heavy (non-hydrogen) atoms. The first-order valence-corrected chi connectivity index (χ1v) is 8.07. The first kappa shape index (κ1) is 12.5. The third-order valence-corrected chi connectivity index (χ3v) is 5.00. The lowest BCUT2D eigenvalue weighted by molar-refractivity contribution is -0.172. The van der Waals surface area contributed by atoms with E-state index in [1.165, 1.54) is 19.3 Å². The average Bonchev–Trinajstić information content (AvgIpc) is 2.12. The lowest BCUT2D eigenvalue weighted by Gasteiger charge is -2.61. The molecule has 0 bridgehead atoms. The number of nitrogens with one attached hydrogen (secondary N) is 1. The molecule has 3 atom stereocenters. The van der Waals surface area contributed by atoms with Crippen LogP contribution in [-0.2, 0) is 15.5 Å². The quantitative estimate of drug-likeness (QED) is 0.766. The van der Waals surface area contributed by atoms with Crippen LogP contribution < -0.4 is 5.32 Å². The lowest BCUT2D eigenvalue weighted by atomic mass is 9.51. The highest BCUT2D eigenvalue weighted by atomic mass is 32.2. The van der Waals surface area contributed by atoms with Crippen LogP contribution in [0.3, 0.4) is 0 Å². The second kappa shape index (κ2) is 5.15. The van der Waals surface area contributed by atoms with Crippen LogP contribution in [0.15, 0.2) is 0 Å². The van der Waals surface area contributed by atoms with E-state index >= 15 is 0 Å². The molecular formula is C12H23NO2S. The van der Waals surface area contributed by atoms with Gasteiger partial charge in [0.25, 0.3) is 0 Å². The van der Waals surface area contributed by atoms with E-state index in [9.17, 15) is 4.21 Å². The predicted molar refractivity (Wildman–Crippen MR) is 67.0 cm³/mol. The van der Waals surface area contributed by atoms with Gasteiger partial charge in [0, 0.05) is 47.4 Å². The van der Waals surface area contributed by atoms with Crippen molar-refractivity contribution >= 4 is 10.8 Å². The van der Waals surface area contributed by atoms with Gasteiger partial charge in [0.05, 0.1) is 6.10 Å². The molecule has 94 valence electrons. The highest BCUT2D eigenvalue weighted by molar-refractivity contribution is 7.84. The lowest BCUT2D eigenvalue weighted by Crippen LogP contribution is -2.67. The molecular weight excluding hydrogens is 222 g/mol. The molecule has 3 unspecified atom stereocenters. The van der Waals surface area contributed by atoms with E-state index < -0.39 is 10.8 Å². The third kappa shape index (κ3) is 2.20. The number of hydrogen-bond donors (Lipinski definition) is 1. The molecule has 0 heterocycles. The van der Waals surface area contributed by atoms with Gasteiger partial charge in [-0.1, -0.05) is 6.42 Å². The minimum atomic E-state index is -0.675. The highest BCUT2D eigenvalue weighted by Gasteiger charge is 2.58. The van der Waals surface area contributed by atoms with E-state index in [2.05, 4.69) is 12.2 Å². The van der Waals surface area contributed by atoms with E-state index in [1.54, 1.807) is 6.26 Å². The summed E-state index contributed by atoms with van der Waals surface area (Å²) in [7, 11) is -0.675. The van der Waals surface area contributed by atoms with Crippen molar-refractivity contribution in [3.05, 3.63) is 0 Å². The molecule has 2 fully saturated rings. The van der Waals surface area contributed by atoms with Crippen LogP contribution in [0.5, 0.6) is 0 Å². The van der Waals surface area contributed by atoms with Crippen LogP contribution in [0.1, 0.15) is 32.6 Å². The molecule has 2 aliphatic rings. The van der Waals surface area contributed by atoms with E-state index in [0.717, 1.165) is 25.3 Å². The summed E-state index contributed by atoms with van der Waals surface area (Å²) < 4.78 is 16.8. The maximum Gasteiger partial charge on any atom is 0.0661 e. The van der Waals surface area contributed by atoms with Crippen molar-refractivity contribution in [2.75, 3.05) is 25.2 Å². The Balaban J connectivity index is 1.77. The summed E-state index contributed by atoms with van der Waals surface area (Å²) in [6, 6.07) is 0.612. The van der Waals surface area contributed by atoms with Gasteiger partial charge < -0.3 is 10.1 Å². The summed E-state index contributed by atoms with van der Waals surface area (Å²) in [5.41, 5.74) is 0.436. The summed E-state index contributed by atoms with van der Waals surface area (Å²) in [6.07, 6.45) is 7.36. The molecule has 0 saturated heterocycles. The largest absolute Gasteiger partial charge is 0.378 e. The van der Waals surface area contributed by atoms with Gasteiger partial charge in [0.15, 0.2) is 0 Å². The Hall–Kier alpha value is 0.0700. The smallest absolute Gasteiger partial charge is 0.0661 e. The summed E-state index contributed by atoms with van der Waals surface area (Å²) in [5, 5.41) is 3.56. The van der Waals surface area contributed by atoms with Gasteiger partial charge in [0.1, 0.15) is 0 Å². The van der Waals surface area contributed by atoms with Gasteiger partial charge in [-0.3, -0.25) is 4.21 Å². The summed E-state index contributed by atoms with van der Waals surface area (Å²) in [4.78, 5) is 0. The van der Waals surface area contributed by atoms with Crippen molar-refractivity contribution in [2.24, 2.45) is 5.41 Å². The first-order valence-electron chi connectivity index (χ1n) is 6.34. The van der Waals surface area contributed by atoms with Crippen LogP contribution in [0, 0.1) is 5.41 Å². The van der Waals surface area contributed by atoms with Gasteiger partial charge in [-0.25, -0.2) is 0 Å². The Morgan fingerprint density at radius 3 is 2.75 bits per heavy atom. The molecule has 2 saturated carbocycles. The second-order valence-corrected chi connectivity index (χ2v) is 6.61. The monoisotopic (exact) mass is 245 g/mol. The molecule has 3 nitrogen and oxygen atoms in total. The number of rotatable bonds is 6. The van der Waals surface area contributed by atoms with Gasteiger partial charge in [-0.05, 0) is 26.2 Å². The Kier molecular flexibility index (Phi) is 4.03. The summed E-state index contributed by atoms with van der Waals surface area (Å²) >= 11 is 0. The Morgan fingerprint density at radius 2 is 2.25 bits per heavy atom. The second-order valence-electron chi connectivity index (χ2n) is 5.05. The average molecular weight is 245 g/mol. The van der Waals surface area contributed by atoms with Crippen molar-refractivity contribution in [1.29, 1.82) is 0 Å². The first-order chi connectivity index (χ1) is 7.69. The maximum atomic E-state index is 11.0. The Bertz CT molecular complexity index is 266. The van der Waals surface area contributed by atoms with Gasteiger partial charge in [-0.2, -0.15) is 0 Å². The molecule has 0 aliphatic heterocycles. The van der Waals surface area contributed by atoms with Crippen molar-refractivity contribution < 1.29 is 8.95 Å². The van der Waals surface area contributed by atoms with E-state index in [0.29, 0.717) is 17.6 Å². The topological polar surface area (TPSA) is 38.3 Å². The van der Waals surface area contributed by atoms with Gasteiger partial charge in [-0.15, -0.1) is 0 Å². The molecule has 1 spiro atoms. The van der Waals surface area contributed by atoms with Crippen LogP contribution in [-0.4, -0.2) is 41.5 Å². The molecule has 4 heteroatoms. The number of ether oxygens (including phenoxy) is 1. The minimum absolute atomic E-state index is 0.436. The Morgan fingerprint density at radius 1 is 1.50 bits per heavy atom. The molecule has 2 aliphatic carbocycles. The fourth-order valence-corrected chi connectivity index (χ4v) is 3.51. The summed E-state index contributed by atoms with van der Waals surface area (Å²) in [6.45, 7) is 3.79. The molecule has 0 amide bonds. The zero-order valence-corrected chi connectivity index (χ0v) is 11.1. The number of hydrogen-bond acceptors (Lipinski definition) is 3. The zero-order valence-electron chi connectivity index (χ0n) is 10.3. The van der Waals surface area contributed by atoms with Crippen LogP contribution in [0.2, 0.25) is 0 Å². The van der Waals surface area contributed by atoms with Crippen molar-refractivity contribution in [2.45, 2.75) is 44.8 Å². The molecule has 0 radical (unpaired) electrons. The van der Waals surface area contributed by atoms with E-state index in [4.69, 9.17) is 4.74 Å². The maximum absolute atomic E-state index is 11.0. The predicted octanol–water partition coefficient (Wildman–Crippen LogP) is 1.30. The molecule has 1 N–H and O–H groups in total. The fourth-order valence-electron chi connectivity index (χ4n) is 3.10. The normalized spacial score (nSPS) is 33.1. The molecule has 0 aromatic carbocycles. The van der Waals surface area contributed by atoms with Gasteiger partial charge >= 0.3 is 0 Å². The van der Waals surface area contributed by atoms with E-state index in [-0.39, 0.29) is 0 Å². The molecule has 0 aromatic rings. The minimum Gasteiger partial charge on any atom is -0.378 e.